The third-order valence-electron chi connectivity index (χ3n) is 4.80. The van der Waals surface area contributed by atoms with Crippen LogP contribution in [0, 0.1) is 11.8 Å². The first-order chi connectivity index (χ1) is 11.6. The zero-order chi connectivity index (χ0) is 17.4. The Kier molecular flexibility index (Phi) is 10.2. The maximum absolute atomic E-state index is 4.62. The number of hydrogen-bond acceptors (Lipinski definition) is 3. The summed E-state index contributed by atoms with van der Waals surface area (Å²) >= 11 is 0. The Morgan fingerprint density at radius 2 is 2.08 bits per heavy atom. The molecule has 0 spiro atoms. The van der Waals surface area contributed by atoms with Gasteiger partial charge in [0.25, 0.3) is 0 Å². The molecule has 25 heavy (non-hydrogen) atoms. The van der Waals surface area contributed by atoms with Crippen molar-refractivity contribution in [1.82, 2.24) is 15.6 Å². The van der Waals surface area contributed by atoms with E-state index in [9.17, 15) is 0 Å². The van der Waals surface area contributed by atoms with Gasteiger partial charge in [-0.1, -0.05) is 32.3 Å². The highest BCUT2D eigenvalue weighted by molar-refractivity contribution is 14.0. The number of pyridine rings is 1. The maximum atomic E-state index is 4.62. The summed E-state index contributed by atoms with van der Waals surface area (Å²) in [5.41, 5.74) is 1.02. The molecule has 142 valence electrons. The highest BCUT2D eigenvalue weighted by Crippen LogP contribution is 2.30. The average molecular weight is 459 g/mol. The first-order valence-corrected chi connectivity index (χ1v) is 9.16. The summed E-state index contributed by atoms with van der Waals surface area (Å²) in [6.45, 7) is 4.05. The Balaban J connectivity index is 0.00000312. The van der Waals surface area contributed by atoms with Crippen molar-refractivity contribution in [2.24, 2.45) is 16.8 Å². The van der Waals surface area contributed by atoms with Crippen LogP contribution in [-0.4, -0.2) is 38.6 Å². The molecule has 0 bridgehead atoms. The largest absolute Gasteiger partial charge is 0.363 e. The zero-order valence-corrected chi connectivity index (χ0v) is 18.4. The normalized spacial score (nSPS) is 20.6. The van der Waals surface area contributed by atoms with Gasteiger partial charge in [-0.3, -0.25) is 4.99 Å². The fourth-order valence-electron chi connectivity index (χ4n) is 3.43. The molecular formula is C19H34IN5. The molecule has 1 aliphatic carbocycles. The number of nitrogens with zero attached hydrogens (tertiary/aromatic N) is 3. The van der Waals surface area contributed by atoms with E-state index in [4.69, 9.17) is 0 Å². The molecule has 2 atom stereocenters. The molecule has 0 amide bonds. The molecule has 0 aromatic carbocycles. The summed E-state index contributed by atoms with van der Waals surface area (Å²) in [5.74, 6) is 3.61. The quantitative estimate of drug-likeness (QED) is 0.388. The Morgan fingerprint density at radius 1 is 1.28 bits per heavy atom. The number of aromatic nitrogens is 1. The van der Waals surface area contributed by atoms with Gasteiger partial charge < -0.3 is 15.5 Å². The van der Waals surface area contributed by atoms with Crippen molar-refractivity contribution in [2.45, 2.75) is 45.6 Å². The van der Waals surface area contributed by atoms with Crippen LogP contribution in [0.25, 0.3) is 0 Å². The minimum Gasteiger partial charge on any atom is -0.363 e. The smallest absolute Gasteiger partial charge is 0.191 e. The predicted molar refractivity (Wildman–Crippen MR) is 118 cm³/mol. The van der Waals surface area contributed by atoms with Gasteiger partial charge in [0.15, 0.2) is 5.96 Å². The lowest BCUT2D eigenvalue weighted by Gasteiger charge is -2.26. The van der Waals surface area contributed by atoms with Gasteiger partial charge in [0.1, 0.15) is 5.82 Å². The van der Waals surface area contributed by atoms with Crippen LogP contribution in [0.4, 0.5) is 5.82 Å². The number of aliphatic imine (C=N–C) groups is 1. The Bertz CT molecular complexity index is 532. The van der Waals surface area contributed by atoms with Gasteiger partial charge >= 0.3 is 0 Å². The second-order valence-electron chi connectivity index (χ2n) is 7.16. The van der Waals surface area contributed by atoms with E-state index in [0.29, 0.717) is 6.54 Å². The van der Waals surface area contributed by atoms with Crippen LogP contribution in [0.2, 0.25) is 0 Å². The van der Waals surface area contributed by atoms with Crippen molar-refractivity contribution >= 4 is 35.8 Å². The lowest BCUT2D eigenvalue weighted by atomic mass is 9.81. The molecule has 2 rings (SSSR count). The third-order valence-corrected chi connectivity index (χ3v) is 4.80. The van der Waals surface area contributed by atoms with E-state index < -0.39 is 0 Å². The number of rotatable bonds is 6. The molecule has 0 saturated heterocycles. The van der Waals surface area contributed by atoms with Crippen LogP contribution >= 0.6 is 24.0 Å². The molecule has 2 N–H and O–H groups in total. The molecule has 0 radical (unpaired) electrons. The van der Waals surface area contributed by atoms with E-state index in [0.717, 1.165) is 35.9 Å². The molecule has 1 aromatic rings. The van der Waals surface area contributed by atoms with E-state index >= 15 is 0 Å². The van der Waals surface area contributed by atoms with Crippen molar-refractivity contribution < 1.29 is 0 Å². The number of guanidine groups is 1. The van der Waals surface area contributed by atoms with Gasteiger partial charge in [-0.15, -0.1) is 24.0 Å². The van der Waals surface area contributed by atoms with Gasteiger partial charge in [0.2, 0.25) is 0 Å². The first kappa shape index (κ1) is 22.0. The summed E-state index contributed by atoms with van der Waals surface area (Å²) in [5, 5.41) is 6.80. The lowest BCUT2D eigenvalue weighted by Crippen LogP contribution is -2.38. The fourth-order valence-corrected chi connectivity index (χ4v) is 3.43. The van der Waals surface area contributed by atoms with E-state index in [1.807, 2.05) is 44.2 Å². The van der Waals surface area contributed by atoms with Gasteiger partial charge in [-0.2, -0.15) is 0 Å². The van der Waals surface area contributed by atoms with Gasteiger partial charge in [-0.25, -0.2) is 4.98 Å². The summed E-state index contributed by atoms with van der Waals surface area (Å²) in [6, 6.07) is 6.10. The Labute approximate surface area is 170 Å². The molecule has 1 aliphatic rings. The molecule has 1 heterocycles. The number of nitrogens with one attached hydrogen (secondary N) is 2. The summed E-state index contributed by atoms with van der Waals surface area (Å²) < 4.78 is 0. The Hall–Kier alpha value is -1.05. The number of anilines is 1. The number of halogens is 1. The highest BCUT2D eigenvalue weighted by atomic mass is 127. The monoisotopic (exact) mass is 459 g/mol. The van der Waals surface area contributed by atoms with Crippen LogP contribution < -0.4 is 15.5 Å². The van der Waals surface area contributed by atoms with Crippen molar-refractivity contribution in [1.29, 1.82) is 0 Å². The fraction of sp³-hybridized carbons (Fsp3) is 0.684. The van der Waals surface area contributed by atoms with E-state index in [-0.39, 0.29) is 24.0 Å². The second kappa shape index (κ2) is 11.5. The Morgan fingerprint density at radius 3 is 2.76 bits per heavy atom. The summed E-state index contributed by atoms with van der Waals surface area (Å²) in [7, 11) is 5.83. The molecular weight excluding hydrogens is 425 g/mol. The lowest BCUT2D eigenvalue weighted by molar-refractivity contribution is 0.270. The van der Waals surface area contributed by atoms with Gasteiger partial charge in [0, 0.05) is 27.7 Å². The number of hydrogen-bond donors (Lipinski definition) is 2. The second-order valence-corrected chi connectivity index (χ2v) is 7.16. The summed E-state index contributed by atoms with van der Waals surface area (Å²) in [6.07, 6.45) is 6.81. The molecule has 6 heteroatoms. The average Bonchev–Trinajstić information content (AvgIpc) is 2.58. The van der Waals surface area contributed by atoms with Crippen LogP contribution in [-0.2, 0) is 6.54 Å². The molecule has 1 aromatic heterocycles. The van der Waals surface area contributed by atoms with Gasteiger partial charge in [-0.05, 0) is 36.8 Å². The molecule has 0 aliphatic heterocycles. The summed E-state index contributed by atoms with van der Waals surface area (Å²) in [4.78, 5) is 11.0. The van der Waals surface area contributed by atoms with Crippen molar-refractivity contribution in [2.75, 3.05) is 32.6 Å². The molecule has 2 unspecified atom stereocenters. The van der Waals surface area contributed by atoms with Gasteiger partial charge in [0.05, 0.1) is 12.2 Å². The van der Waals surface area contributed by atoms with Crippen LogP contribution in [0.1, 0.15) is 44.7 Å². The zero-order valence-electron chi connectivity index (χ0n) is 16.1. The van der Waals surface area contributed by atoms with E-state index in [1.54, 1.807) is 0 Å². The molecule has 5 nitrogen and oxygen atoms in total. The van der Waals surface area contributed by atoms with Crippen LogP contribution in [0.3, 0.4) is 0 Å². The van der Waals surface area contributed by atoms with Crippen LogP contribution in [0.15, 0.2) is 23.2 Å². The molecule has 1 fully saturated rings. The predicted octanol–water partition coefficient (Wildman–Crippen LogP) is 3.65. The molecule has 1 saturated carbocycles. The SMILES string of the molecule is CN=C(NCCC1CCCC(C)C1)NCc1cccc(N(C)C)n1.I. The maximum Gasteiger partial charge on any atom is 0.191 e. The standard InChI is InChI=1S/C19H33N5.HI/c1-15-7-5-8-16(13-15)11-12-21-19(20-2)22-14-17-9-6-10-18(23-17)24(3)4;/h6,9-10,15-16H,5,7-8,11-14H2,1-4H3,(H2,20,21,22);1H. The van der Waals surface area contributed by atoms with E-state index in [1.165, 1.54) is 32.1 Å². The topological polar surface area (TPSA) is 52.6 Å². The minimum atomic E-state index is 0. The third kappa shape index (κ3) is 7.79. The minimum absolute atomic E-state index is 0. The van der Waals surface area contributed by atoms with Crippen molar-refractivity contribution in [3.8, 4) is 0 Å². The highest BCUT2D eigenvalue weighted by Gasteiger charge is 2.18. The first-order valence-electron chi connectivity index (χ1n) is 9.16. The van der Waals surface area contributed by atoms with Crippen molar-refractivity contribution in [3.05, 3.63) is 23.9 Å². The van der Waals surface area contributed by atoms with Crippen LogP contribution in [0.5, 0.6) is 0 Å². The van der Waals surface area contributed by atoms with Crippen molar-refractivity contribution in [3.63, 3.8) is 0 Å². The van der Waals surface area contributed by atoms with E-state index in [2.05, 4.69) is 27.5 Å².